The first-order valence-corrected chi connectivity index (χ1v) is 5.67. The van der Waals surface area contributed by atoms with Crippen LogP contribution in [0.3, 0.4) is 0 Å². The number of urea groups is 1. The highest BCUT2D eigenvalue weighted by Crippen LogP contribution is 2.18. The number of hydrazine groups is 1. The van der Waals surface area contributed by atoms with Crippen molar-refractivity contribution in [2.24, 2.45) is 0 Å². The van der Waals surface area contributed by atoms with E-state index in [1.54, 1.807) is 0 Å². The molecule has 19 heavy (non-hydrogen) atoms. The summed E-state index contributed by atoms with van der Waals surface area (Å²) in [6.45, 7) is 0. The van der Waals surface area contributed by atoms with E-state index < -0.39 is 16.9 Å². The van der Waals surface area contributed by atoms with E-state index in [-0.39, 0.29) is 17.3 Å². The highest BCUT2D eigenvalue weighted by molar-refractivity contribution is 5.95. The molecule has 0 bridgehead atoms. The highest BCUT2D eigenvalue weighted by atomic mass is 16.6. The molecule has 0 radical (unpaired) electrons. The van der Waals surface area contributed by atoms with Crippen molar-refractivity contribution in [2.45, 2.75) is 18.9 Å². The summed E-state index contributed by atoms with van der Waals surface area (Å²) >= 11 is 0. The first-order valence-electron chi connectivity index (χ1n) is 5.67. The number of hydrogen-bond acceptors (Lipinski definition) is 4. The maximum Gasteiger partial charge on any atom is 0.333 e. The summed E-state index contributed by atoms with van der Waals surface area (Å²) in [5.74, 6) is -0.616. The molecule has 1 aromatic rings. The van der Waals surface area contributed by atoms with Crippen LogP contribution in [0.15, 0.2) is 24.3 Å². The van der Waals surface area contributed by atoms with Crippen molar-refractivity contribution in [1.82, 2.24) is 16.2 Å². The molecule has 0 aliphatic heterocycles. The molecular weight excluding hydrogens is 252 g/mol. The standard InChI is InChI=1S/C11H12N4O4/c16-10(13-14-11(17)12-8-4-5-8)7-2-1-3-9(6-7)15(18)19/h1-3,6,8H,4-5H2,(H,13,16)(H2,12,14,17). The van der Waals surface area contributed by atoms with Gasteiger partial charge in [0.25, 0.3) is 11.6 Å². The predicted octanol–water partition coefficient (Wildman–Crippen LogP) is 0.701. The van der Waals surface area contributed by atoms with Crippen LogP contribution in [0.1, 0.15) is 23.2 Å². The number of amides is 3. The van der Waals surface area contributed by atoms with Crippen LogP contribution in [0.4, 0.5) is 10.5 Å². The Morgan fingerprint density at radius 3 is 2.63 bits per heavy atom. The van der Waals surface area contributed by atoms with Gasteiger partial charge in [0.1, 0.15) is 0 Å². The Hall–Kier alpha value is -2.64. The minimum absolute atomic E-state index is 0.0981. The van der Waals surface area contributed by atoms with Gasteiger partial charge >= 0.3 is 6.03 Å². The molecule has 1 aromatic carbocycles. The normalized spacial score (nSPS) is 13.5. The summed E-state index contributed by atoms with van der Waals surface area (Å²) in [4.78, 5) is 32.9. The van der Waals surface area contributed by atoms with Gasteiger partial charge in [0, 0.05) is 23.7 Å². The van der Waals surface area contributed by atoms with Crippen LogP contribution in [0.5, 0.6) is 0 Å². The maximum atomic E-state index is 11.6. The summed E-state index contributed by atoms with van der Waals surface area (Å²) in [5, 5.41) is 13.2. The van der Waals surface area contributed by atoms with Crippen molar-refractivity contribution in [1.29, 1.82) is 0 Å². The van der Waals surface area contributed by atoms with Crippen molar-refractivity contribution >= 4 is 17.6 Å². The molecule has 3 amide bonds. The fourth-order valence-corrected chi connectivity index (χ4v) is 1.40. The number of carbonyl (C=O) groups excluding carboxylic acids is 2. The van der Waals surface area contributed by atoms with Crippen molar-refractivity contribution in [3.05, 3.63) is 39.9 Å². The Morgan fingerprint density at radius 1 is 1.26 bits per heavy atom. The molecule has 0 unspecified atom stereocenters. The molecule has 8 nitrogen and oxygen atoms in total. The summed E-state index contributed by atoms with van der Waals surface area (Å²) in [6, 6.07) is 4.91. The van der Waals surface area contributed by atoms with Crippen molar-refractivity contribution in [3.8, 4) is 0 Å². The van der Waals surface area contributed by atoms with Gasteiger partial charge < -0.3 is 5.32 Å². The Kier molecular flexibility index (Phi) is 3.60. The lowest BCUT2D eigenvalue weighted by Crippen LogP contribution is -2.47. The summed E-state index contributed by atoms with van der Waals surface area (Å²) in [6.07, 6.45) is 1.87. The summed E-state index contributed by atoms with van der Waals surface area (Å²) < 4.78 is 0. The molecule has 0 spiro atoms. The van der Waals surface area contributed by atoms with E-state index in [9.17, 15) is 19.7 Å². The number of non-ortho nitro benzene ring substituents is 1. The zero-order valence-corrected chi connectivity index (χ0v) is 9.88. The molecule has 3 N–H and O–H groups in total. The second-order valence-electron chi connectivity index (χ2n) is 4.13. The third-order valence-electron chi connectivity index (χ3n) is 2.52. The average Bonchev–Trinajstić information content (AvgIpc) is 3.20. The maximum absolute atomic E-state index is 11.6. The minimum Gasteiger partial charge on any atom is -0.334 e. The number of nitrogens with one attached hydrogen (secondary N) is 3. The van der Waals surface area contributed by atoms with Crippen molar-refractivity contribution in [2.75, 3.05) is 0 Å². The van der Waals surface area contributed by atoms with E-state index >= 15 is 0 Å². The second-order valence-corrected chi connectivity index (χ2v) is 4.13. The molecular formula is C11H12N4O4. The highest BCUT2D eigenvalue weighted by Gasteiger charge is 2.23. The van der Waals surface area contributed by atoms with Gasteiger partial charge in [-0.1, -0.05) is 6.07 Å². The molecule has 1 fully saturated rings. The van der Waals surface area contributed by atoms with Gasteiger partial charge in [-0.15, -0.1) is 0 Å². The number of hydrogen-bond donors (Lipinski definition) is 3. The van der Waals surface area contributed by atoms with Crippen LogP contribution in [-0.4, -0.2) is 22.9 Å². The van der Waals surface area contributed by atoms with Gasteiger partial charge in [0.15, 0.2) is 0 Å². The lowest BCUT2D eigenvalue weighted by atomic mass is 10.2. The molecule has 0 heterocycles. The minimum atomic E-state index is -0.616. The van der Waals surface area contributed by atoms with Crippen LogP contribution in [0.2, 0.25) is 0 Å². The quantitative estimate of drug-likeness (QED) is 0.550. The topological polar surface area (TPSA) is 113 Å². The monoisotopic (exact) mass is 264 g/mol. The third-order valence-corrected chi connectivity index (χ3v) is 2.52. The van der Waals surface area contributed by atoms with E-state index in [1.165, 1.54) is 18.2 Å². The third kappa shape index (κ3) is 3.66. The predicted molar refractivity (Wildman–Crippen MR) is 65.3 cm³/mol. The van der Waals surface area contributed by atoms with Gasteiger partial charge in [0.2, 0.25) is 0 Å². The fraction of sp³-hybridized carbons (Fsp3) is 0.273. The van der Waals surface area contributed by atoms with E-state index in [4.69, 9.17) is 0 Å². The zero-order valence-electron chi connectivity index (χ0n) is 9.88. The van der Waals surface area contributed by atoms with E-state index in [2.05, 4.69) is 16.2 Å². The van der Waals surface area contributed by atoms with Gasteiger partial charge in [-0.3, -0.25) is 20.3 Å². The lowest BCUT2D eigenvalue weighted by Gasteiger charge is -2.08. The van der Waals surface area contributed by atoms with Crippen molar-refractivity contribution in [3.63, 3.8) is 0 Å². The van der Waals surface area contributed by atoms with Gasteiger partial charge in [0.05, 0.1) is 4.92 Å². The van der Waals surface area contributed by atoms with Crippen LogP contribution in [-0.2, 0) is 0 Å². The van der Waals surface area contributed by atoms with E-state index in [1.807, 2.05) is 0 Å². The lowest BCUT2D eigenvalue weighted by molar-refractivity contribution is -0.384. The number of nitro benzene ring substituents is 1. The molecule has 0 atom stereocenters. The molecule has 1 saturated carbocycles. The number of nitrogens with zero attached hydrogens (tertiary/aromatic N) is 1. The molecule has 0 saturated heterocycles. The summed E-state index contributed by atoms with van der Waals surface area (Å²) in [5.41, 5.74) is 4.27. The average molecular weight is 264 g/mol. The van der Waals surface area contributed by atoms with Crippen LogP contribution >= 0.6 is 0 Å². The first kappa shape index (κ1) is 12.8. The Bertz CT molecular complexity index is 527. The second kappa shape index (κ2) is 5.34. The van der Waals surface area contributed by atoms with Crippen molar-refractivity contribution < 1.29 is 14.5 Å². The van der Waals surface area contributed by atoms with E-state index in [0.29, 0.717) is 0 Å². The van der Waals surface area contributed by atoms with Gasteiger partial charge in [-0.05, 0) is 18.9 Å². The zero-order chi connectivity index (χ0) is 13.8. The first-order chi connectivity index (χ1) is 9.06. The smallest absolute Gasteiger partial charge is 0.333 e. The fourth-order valence-electron chi connectivity index (χ4n) is 1.40. The number of rotatable bonds is 3. The Morgan fingerprint density at radius 2 is 2.00 bits per heavy atom. The number of nitro groups is 1. The van der Waals surface area contributed by atoms with Crippen LogP contribution < -0.4 is 16.2 Å². The molecule has 2 rings (SSSR count). The SMILES string of the molecule is O=C(NNC(=O)c1cccc([N+](=O)[O-])c1)NC1CC1. The molecule has 0 aromatic heterocycles. The van der Waals surface area contributed by atoms with Crippen LogP contribution in [0.25, 0.3) is 0 Å². The van der Waals surface area contributed by atoms with E-state index in [0.717, 1.165) is 18.9 Å². The van der Waals surface area contributed by atoms with Gasteiger partial charge in [-0.2, -0.15) is 0 Å². The number of carbonyl (C=O) groups is 2. The largest absolute Gasteiger partial charge is 0.334 e. The molecule has 8 heteroatoms. The molecule has 1 aliphatic rings. The molecule has 1 aliphatic carbocycles. The van der Waals surface area contributed by atoms with Gasteiger partial charge in [-0.25, -0.2) is 10.2 Å². The Balaban J connectivity index is 1.89. The van der Waals surface area contributed by atoms with Crippen LogP contribution in [0, 0.1) is 10.1 Å². The number of benzene rings is 1. The molecule has 100 valence electrons. The Labute approximate surface area is 108 Å². The summed E-state index contributed by atoms with van der Waals surface area (Å²) in [7, 11) is 0.